The molecule has 0 saturated heterocycles. The number of aliphatic carboxylic acids is 1. The molecule has 1 aromatic carbocycles. The Labute approximate surface area is 148 Å². The van der Waals surface area contributed by atoms with Gasteiger partial charge in [0.25, 0.3) is 0 Å². The van der Waals surface area contributed by atoms with Gasteiger partial charge >= 0.3 is 12.1 Å². The molecule has 10 heteroatoms. The molecule has 130 valence electrons. The summed E-state index contributed by atoms with van der Waals surface area (Å²) in [5.41, 5.74) is -0.121. The summed E-state index contributed by atoms with van der Waals surface area (Å²) in [7, 11) is 0. The molecule has 0 amide bonds. The highest BCUT2D eigenvalue weighted by Gasteiger charge is 2.30. The molecule has 0 aliphatic heterocycles. The predicted octanol–water partition coefficient (Wildman–Crippen LogP) is 4.27. The van der Waals surface area contributed by atoms with Crippen LogP contribution in [0.4, 0.5) is 13.2 Å². The van der Waals surface area contributed by atoms with Crippen molar-refractivity contribution in [1.29, 1.82) is 0 Å². The van der Waals surface area contributed by atoms with Crippen molar-refractivity contribution < 1.29 is 23.1 Å². The van der Waals surface area contributed by atoms with Crippen LogP contribution in [0.1, 0.15) is 5.56 Å². The van der Waals surface area contributed by atoms with Crippen LogP contribution in [0.15, 0.2) is 41.6 Å². The highest BCUT2D eigenvalue weighted by Crippen LogP contribution is 2.34. The van der Waals surface area contributed by atoms with Gasteiger partial charge in [0.1, 0.15) is 5.03 Å². The van der Waals surface area contributed by atoms with Crippen LogP contribution in [0.25, 0.3) is 16.6 Å². The Morgan fingerprint density at radius 3 is 2.68 bits per heavy atom. The molecule has 5 nitrogen and oxygen atoms in total. The quantitative estimate of drug-likeness (QED) is 0.677. The third-order valence-corrected chi connectivity index (χ3v) is 4.46. The van der Waals surface area contributed by atoms with Gasteiger partial charge in [-0.1, -0.05) is 29.4 Å². The minimum atomic E-state index is -4.47. The summed E-state index contributed by atoms with van der Waals surface area (Å²) >= 11 is 6.76. The number of carbonyl (C=O) groups is 1. The third kappa shape index (κ3) is 3.72. The Hall–Kier alpha value is -2.26. The molecule has 0 aliphatic carbocycles. The van der Waals surface area contributed by atoms with Gasteiger partial charge in [0.2, 0.25) is 0 Å². The maximum absolute atomic E-state index is 13.0. The number of hydrogen-bond acceptors (Lipinski definition) is 4. The van der Waals surface area contributed by atoms with Crippen molar-refractivity contribution >= 4 is 40.2 Å². The summed E-state index contributed by atoms with van der Waals surface area (Å²) < 4.78 is 40.4. The second kappa shape index (κ2) is 6.57. The highest BCUT2D eigenvalue weighted by molar-refractivity contribution is 8.00. The Balaban J connectivity index is 2.15. The summed E-state index contributed by atoms with van der Waals surface area (Å²) in [5.74, 6) is -1.32. The van der Waals surface area contributed by atoms with Crippen LogP contribution in [0, 0.1) is 0 Å². The zero-order valence-electron chi connectivity index (χ0n) is 12.3. The number of benzene rings is 1. The van der Waals surface area contributed by atoms with E-state index in [-0.39, 0.29) is 15.9 Å². The van der Waals surface area contributed by atoms with Crippen LogP contribution in [0.3, 0.4) is 0 Å². The number of carboxylic acids is 1. The van der Waals surface area contributed by atoms with E-state index in [0.717, 1.165) is 23.9 Å². The largest absolute Gasteiger partial charge is 0.481 e. The standard InChI is InChI=1S/C15H9ClF3N3O2S/c16-12-6-11(14(21-20-12)25-7-13(23)24)22-4-3-8-1-2-9(5-10(8)22)15(17,18)19/h1-6H,7H2,(H,23,24). The zero-order valence-corrected chi connectivity index (χ0v) is 13.9. The van der Waals surface area contributed by atoms with Crippen LogP contribution in [0.5, 0.6) is 0 Å². The van der Waals surface area contributed by atoms with Crippen molar-refractivity contribution in [3.8, 4) is 5.69 Å². The molecule has 0 radical (unpaired) electrons. The Kier molecular flexibility index (Phi) is 4.61. The number of aromatic nitrogens is 3. The molecule has 3 rings (SSSR count). The van der Waals surface area contributed by atoms with E-state index in [4.69, 9.17) is 16.7 Å². The Bertz CT molecular complexity index is 959. The second-order valence-electron chi connectivity index (χ2n) is 5.00. The van der Waals surface area contributed by atoms with Crippen LogP contribution in [-0.4, -0.2) is 31.6 Å². The predicted molar refractivity (Wildman–Crippen MR) is 87.2 cm³/mol. The number of alkyl halides is 3. The average molecular weight is 388 g/mol. The monoisotopic (exact) mass is 387 g/mol. The van der Waals surface area contributed by atoms with E-state index in [2.05, 4.69) is 10.2 Å². The third-order valence-electron chi connectivity index (χ3n) is 3.32. The highest BCUT2D eigenvalue weighted by atomic mass is 35.5. The topological polar surface area (TPSA) is 68.0 Å². The van der Waals surface area contributed by atoms with Crippen molar-refractivity contribution in [2.45, 2.75) is 11.2 Å². The maximum Gasteiger partial charge on any atom is 0.416 e. The molecule has 0 aliphatic rings. The van der Waals surface area contributed by atoms with E-state index in [1.54, 1.807) is 12.3 Å². The van der Waals surface area contributed by atoms with Gasteiger partial charge in [-0.2, -0.15) is 13.2 Å². The van der Waals surface area contributed by atoms with Gasteiger partial charge in [0.15, 0.2) is 5.15 Å². The SMILES string of the molecule is O=C(O)CSc1nnc(Cl)cc1-n1ccc2ccc(C(F)(F)F)cc21. The first-order chi connectivity index (χ1) is 11.8. The molecule has 1 N–H and O–H groups in total. The van der Waals surface area contributed by atoms with Gasteiger partial charge in [-0.15, -0.1) is 10.2 Å². The summed E-state index contributed by atoms with van der Waals surface area (Å²) in [5, 5.41) is 17.2. The molecule has 0 bridgehead atoms. The smallest absolute Gasteiger partial charge is 0.416 e. The molecule has 0 unspecified atom stereocenters. The molecule has 0 atom stereocenters. The molecule has 0 fully saturated rings. The average Bonchev–Trinajstić information content (AvgIpc) is 2.95. The Morgan fingerprint density at radius 2 is 2.00 bits per heavy atom. The number of hydrogen-bond donors (Lipinski definition) is 1. The molecular weight excluding hydrogens is 379 g/mol. The van der Waals surface area contributed by atoms with Gasteiger partial charge in [-0.3, -0.25) is 4.79 Å². The number of thioether (sulfide) groups is 1. The van der Waals surface area contributed by atoms with Gasteiger partial charge in [0, 0.05) is 12.3 Å². The molecule has 3 aromatic rings. The molecule has 2 aromatic heterocycles. The first-order valence-electron chi connectivity index (χ1n) is 6.82. The Morgan fingerprint density at radius 1 is 1.24 bits per heavy atom. The zero-order chi connectivity index (χ0) is 18.2. The maximum atomic E-state index is 13.0. The van der Waals surface area contributed by atoms with Crippen molar-refractivity contribution in [2.24, 2.45) is 0 Å². The summed E-state index contributed by atoms with van der Waals surface area (Å²) in [6.07, 6.45) is -2.90. The number of carboxylic acid groups (broad SMARTS) is 1. The summed E-state index contributed by atoms with van der Waals surface area (Å²) in [6.45, 7) is 0. The molecule has 25 heavy (non-hydrogen) atoms. The minimum Gasteiger partial charge on any atom is -0.481 e. The minimum absolute atomic E-state index is 0.0449. The summed E-state index contributed by atoms with van der Waals surface area (Å²) in [6, 6.07) is 6.47. The fourth-order valence-electron chi connectivity index (χ4n) is 2.27. The summed E-state index contributed by atoms with van der Waals surface area (Å²) in [4.78, 5) is 10.8. The van der Waals surface area contributed by atoms with E-state index in [9.17, 15) is 18.0 Å². The van der Waals surface area contributed by atoms with E-state index in [1.807, 2.05) is 0 Å². The number of halogens is 4. The van der Waals surface area contributed by atoms with E-state index >= 15 is 0 Å². The number of rotatable bonds is 4. The van der Waals surface area contributed by atoms with Gasteiger partial charge in [-0.25, -0.2) is 0 Å². The lowest BCUT2D eigenvalue weighted by molar-refractivity contribution is -0.137. The van der Waals surface area contributed by atoms with E-state index in [0.29, 0.717) is 16.6 Å². The normalized spacial score (nSPS) is 11.8. The molecule has 0 saturated carbocycles. The lowest BCUT2D eigenvalue weighted by atomic mass is 10.1. The first kappa shape index (κ1) is 17.6. The fraction of sp³-hybridized carbons (Fsp3) is 0.133. The van der Waals surface area contributed by atoms with Crippen LogP contribution < -0.4 is 0 Å². The van der Waals surface area contributed by atoms with Crippen LogP contribution in [0.2, 0.25) is 5.15 Å². The molecular formula is C15H9ClF3N3O2S. The van der Waals surface area contributed by atoms with E-state index in [1.165, 1.54) is 16.7 Å². The van der Waals surface area contributed by atoms with Crippen LogP contribution in [-0.2, 0) is 11.0 Å². The van der Waals surface area contributed by atoms with Crippen molar-refractivity contribution in [3.63, 3.8) is 0 Å². The second-order valence-corrected chi connectivity index (χ2v) is 6.35. The lowest BCUT2D eigenvalue weighted by Gasteiger charge is -2.11. The molecule has 2 heterocycles. The lowest BCUT2D eigenvalue weighted by Crippen LogP contribution is -2.06. The first-order valence-corrected chi connectivity index (χ1v) is 8.18. The molecule has 0 spiro atoms. The number of nitrogens with zero attached hydrogens (tertiary/aromatic N) is 3. The van der Waals surface area contributed by atoms with Gasteiger partial charge < -0.3 is 9.67 Å². The van der Waals surface area contributed by atoms with E-state index < -0.39 is 17.7 Å². The van der Waals surface area contributed by atoms with Gasteiger partial charge in [0.05, 0.1) is 22.5 Å². The van der Waals surface area contributed by atoms with Crippen LogP contribution >= 0.6 is 23.4 Å². The van der Waals surface area contributed by atoms with Crippen molar-refractivity contribution in [1.82, 2.24) is 14.8 Å². The van der Waals surface area contributed by atoms with Crippen molar-refractivity contribution in [2.75, 3.05) is 5.75 Å². The fourth-order valence-corrected chi connectivity index (χ4v) is 3.07. The van der Waals surface area contributed by atoms with Gasteiger partial charge in [-0.05, 0) is 23.6 Å². The van der Waals surface area contributed by atoms with Crippen molar-refractivity contribution in [3.05, 3.63) is 47.2 Å². The number of fused-ring (bicyclic) bond motifs is 1.